The average molecular weight is 410 g/mol. The maximum absolute atomic E-state index is 12.4. The molecule has 2 atom stereocenters. The van der Waals surface area contributed by atoms with Gasteiger partial charge in [-0.2, -0.15) is 0 Å². The Morgan fingerprint density at radius 3 is 2.07 bits per heavy atom. The second-order valence-corrected chi connectivity index (χ2v) is 6.06. The summed E-state index contributed by atoms with van der Waals surface area (Å²) in [6.45, 7) is 1.38. The highest BCUT2D eigenvalue weighted by Gasteiger charge is 2.42. The van der Waals surface area contributed by atoms with E-state index in [1.165, 1.54) is 31.2 Å². The Hall–Kier alpha value is -3.50. The number of hydrogen-bond donors (Lipinski definition) is 1. The molecular weight excluding hydrogens is 388 g/mol. The Balaban J connectivity index is 3.06. The second-order valence-electron chi connectivity index (χ2n) is 6.06. The number of methoxy groups -OCH3 is 3. The molecule has 1 rings (SSSR count). The van der Waals surface area contributed by atoms with E-state index in [-0.39, 0.29) is 12.1 Å². The highest BCUT2D eigenvalue weighted by atomic mass is 16.6. The summed E-state index contributed by atoms with van der Waals surface area (Å²) in [5, 5.41) is 13.3. The van der Waals surface area contributed by atoms with Gasteiger partial charge >= 0.3 is 17.9 Å². The lowest BCUT2D eigenvalue weighted by Crippen LogP contribution is -2.51. The summed E-state index contributed by atoms with van der Waals surface area (Å²) >= 11 is 0. The minimum atomic E-state index is -1.48. The molecule has 0 aromatic heterocycles. The third-order valence-electron chi connectivity index (χ3n) is 4.22. The van der Waals surface area contributed by atoms with Gasteiger partial charge in [0.2, 0.25) is 5.91 Å². The van der Waals surface area contributed by atoms with Crippen LogP contribution < -0.4 is 5.32 Å². The van der Waals surface area contributed by atoms with Crippen LogP contribution in [-0.4, -0.2) is 56.1 Å². The van der Waals surface area contributed by atoms with Crippen LogP contribution in [0.25, 0.3) is 0 Å². The molecule has 0 aliphatic rings. The number of nitro benzene ring substituents is 1. The Kier molecular flexibility index (Phi) is 8.71. The molecule has 0 saturated carbocycles. The number of nitro groups is 1. The number of benzene rings is 1. The molecule has 0 unspecified atom stereocenters. The normalized spacial score (nSPS) is 12.4. The maximum atomic E-state index is 12.4. The fraction of sp³-hybridized carbons (Fsp3) is 0.444. The van der Waals surface area contributed by atoms with Crippen LogP contribution in [0.2, 0.25) is 0 Å². The molecule has 11 nitrogen and oxygen atoms in total. The lowest BCUT2D eigenvalue weighted by Gasteiger charge is -2.27. The van der Waals surface area contributed by atoms with Gasteiger partial charge in [-0.25, -0.2) is 4.79 Å². The predicted octanol–water partition coefficient (Wildman–Crippen LogP) is 0.393. The van der Waals surface area contributed by atoms with E-state index in [1.807, 2.05) is 0 Å². The van der Waals surface area contributed by atoms with E-state index in [0.29, 0.717) is 5.56 Å². The summed E-state index contributed by atoms with van der Waals surface area (Å²) in [5.41, 5.74) is 0.148. The highest BCUT2D eigenvalue weighted by molar-refractivity contribution is 5.96. The van der Waals surface area contributed by atoms with Gasteiger partial charge in [0.15, 0.2) is 5.92 Å². The van der Waals surface area contributed by atoms with E-state index in [4.69, 9.17) is 0 Å². The summed E-state index contributed by atoms with van der Waals surface area (Å²) in [6, 6.07) is 4.06. The van der Waals surface area contributed by atoms with Gasteiger partial charge in [-0.1, -0.05) is 19.1 Å². The first kappa shape index (κ1) is 23.5. The second kappa shape index (κ2) is 10.7. The van der Waals surface area contributed by atoms with Crippen LogP contribution in [0.15, 0.2) is 24.3 Å². The van der Waals surface area contributed by atoms with Crippen LogP contribution in [0, 0.1) is 22.0 Å². The van der Waals surface area contributed by atoms with E-state index >= 15 is 0 Å². The van der Waals surface area contributed by atoms with E-state index in [1.54, 1.807) is 0 Å². The van der Waals surface area contributed by atoms with Crippen molar-refractivity contribution >= 4 is 29.5 Å². The molecule has 1 N–H and O–H groups in total. The first-order chi connectivity index (χ1) is 13.7. The number of ether oxygens (including phenoxy) is 3. The molecule has 0 aliphatic carbocycles. The smallest absolute Gasteiger partial charge is 0.328 e. The summed E-state index contributed by atoms with van der Waals surface area (Å²) in [4.78, 5) is 58.8. The Bertz CT molecular complexity index is 777. The first-order valence-corrected chi connectivity index (χ1v) is 8.42. The van der Waals surface area contributed by atoms with Gasteiger partial charge in [-0.15, -0.1) is 0 Å². The third-order valence-corrected chi connectivity index (χ3v) is 4.22. The zero-order chi connectivity index (χ0) is 22.1. The van der Waals surface area contributed by atoms with Crippen molar-refractivity contribution < 1.29 is 38.3 Å². The van der Waals surface area contributed by atoms with Crippen molar-refractivity contribution in [3.63, 3.8) is 0 Å². The molecule has 0 spiro atoms. The van der Waals surface area contributed by atoms with Crippen molar-refractivity contribution in [2.24, 2.45) is 11.8 Å². The quantitative estimate of drug-likeness (QED) is 0.200. The molecule has 0 fully saturated rings. The van der Waals surface area contributed by atoms with Crippen molar-refractivity contribution in [1.82, 2.24) is 5.32 Å². The van der Waals surface area contributed by atoms with Crippen molar-refractivity contribution in [1.29, 1.82) is 0 Å². The van der Waals surface area contributed by atoms with Crippen LogP contribution in [-0.2, 0) is 39.8 Å². The molecule has 0 heterocycles. The number of rotatable bonds is 9. The number of nitrogens with one attached hydrogen (secondary N) is 1. The molecule has 158 valence electrons. The molecule has 1 aromatic carbocycles. The Labute approximate surface area is 166 Å². The molecule has 29 heavy (non-hydrogen) atoms. The molecule has 0 radical (unpaired) electrons. The van der Waals surface area contributed by atoms with Crippen LogP contribution in [0.4, 0.5) is 5.69 Å². The van der Waals surface area contributed by atoms with Crippen molar-refractivity contribution in [3.05, 3.63) is 39.9 Å². The van der Waals surface area contributed by atoms with Crippen LogP contribution in [0.1, 0.15) is 12.5 Å². The van der Waals surface area contributed by atoms with Gasteiger partial charge in [-0.05, 0) is 5.56 Å². The minimum absolute atomic E-state index is 0.190. The Morgan fingerprint density at radius 1 is 1.03 bits per heavy atom. The van der Waals surface area contributed by atoms with Crippen molar-refractivity contribution in [3.8, 4) is 0 Å². The van der Waals surface area contributed by atoms with Crippen LogP contribution in [0.3, 0.4) is 0 Å². The molecule has 1 amide bonds. The summed E-state index contributed by atoms with van der Waals surface area (Å²) in [7, 11) is 3.22. The topological polar surface area (TPSA) is 151 Å². The van der Waals surface area contributed by atoms with Gasteiger partial charge in [0.1, 0.15) is 6.04 Å². The van der Waals surface area contributed by atoms with E-state index in [2.05, 4.69) is 19.5 Å². The molecule has 0 aliphatic heterocycles. The number of hydrogen-bond acceptors (Lipinski definition) is 9. The molecule has 1 aromatic rings. The standard InChI is InChI=1S/C18H22N2O9/c1-10(14(16(22)27-2)17(23)28-3)15(18(24)29-4)19-13(21)9-11-6-5-7-12(8-11)20(25)26/h5-8,10,14-15H,9H2,1-4H3,(H,19,21)/t10-,15-/m1/s1. The van der Waals surface area contributed by atoms with E-state index < -0.39 is 46.6 Å². The van der Waals surface area contributed by atoms with Crippen molar-refractivity contribution in [2.45, 2.75) is 19.4 Å². The van der Waals surface area contributed by atoms with E-state index in [9.17, 15) is 29.3 Å². The van der Waals surface area contributed by atoms with Gasteiger partial charge in [0, 0.05) is 18.1 Å². The summed E-state index contributed by atoms with van der Waals surface area (Å²) < 4.78 is 13.8. The number of non-ortho nitro benzene ring substituents is 1. The molecular formula is C18H22N2O9. The van der Waals surface area contributed by atoms with E-state index in [0.717, 1.165) is 21.3 Å². The molecule has 0 saturated heterocycles. The summed E-state index contributed by atoms with van der Waals surface area (Å²) in [5.74, 6) is -5.97. The van der Waals surface area contributed by atoms with Gasteiger partial charge < -0.3 is 19.5 Å². The predicted molar refractivity (Wildman–Crippen MR) is 97.4 cm³/mol. The molecule has 0 bridgehead atoms. The van der Waals surface area contributed by atoms with Crippen molar-refractivity contribution in [2.75, 3.05) is 21.3 Å². The third kappa shape index (κ3) is 6.26. The van der Waals surface area contributed by atoms with Gasteiger partial charge in [0.25, 0.3) is 5.69 Å². The number of carbonyl (C=O) groups is 4. The average Bonchev–Trinajstić information content (AvgIpc) is 2.71. The fourth-order valence-corrected chi connectivity index (χ4v) is 2.69. The number of amides is 1. The number of esters is 3. The van der Waals surface area contributed by atoms with Gasteiger partial charge in [-0.3, -0.25) is 24.5 Å². The number of carbonyl (C=O) groups excluding carboxylic acids is 4. The SMILES string of the molecule is COC(=O)C(C(=O)OC)[C@@H](C)[C@@H](NC(=O)Cc1cccc([N+](=O)[O-])c1)C(=O)OC. The lowest BCUT2D eigenvalue weighted by molar-refractivity contribution is -0.384. The maximum Gasteiger partial charge on any atom is 0.328 e. The van der Waals surface area contributed by atoms with Gasteiger partial charge in [0.05, 0.1) is 32.7 Å². The summed E-state index contributed by atoms with van der Waals surface area (Å²) in [6.07, 6.45) is -0.275. The fourth-order valence-electron chi connectivity index (χ4n) is 2.69. The number of nitrogens with zero attached hydrogens (tertiary/aromatic N) is 1. The Morgan fingerprint density at radius 2 is 1.59 bits per heavy atom. The highest BCUT2D eigenvalue weighted by Crippen LogP contribution is 2.21. The molecule has 11 heteroatoms. The monoisotopic (exact) mass is 410 g/mol. The zero-order valence-corrected chi connectivity index (χ0v) is 16.4. The zero-order valence-electron chi connectivity index (χ0n) is 16.4. The minimum Gasteiger partial charge on any atom is -0.468 e. The first-order valence-electron chi connectivity index (χ1n) is 8.42. The lowest BCUT2D eigenvalue weighted by atomic mass is 9.87. The van der Waals surface area contributed by atoms with Crippen LogP contribution in [0.5, 0.6) is 0 Å². The van der Waals surface area contributed by atoms with Crippen LogP contribution >= 0.6 is 0 Å². The largest absolute Gasteiger partial charge is 0.468 e.